The van der Waals surface area contributed by atoms with Crippen molar-refractivity contribution in [3.05, 3.63) is 28.8 Å². The van der Waals surface area contributed by atoms with Crippen molar-refractivity contribution >= 4 is 5.91 Å². The summed E-state index contributed by atoms with van der Waals surface area (Å²) in [6.07, 6.45) is 0.0438. The number of carbonyl (C=O) groups is 1. The van der Waals surface area contributed by atoms with E-state index in [4.69, 9.17) is 10.5 Å². The lowest BCUT2D eigenvalue weighted by Gasteiger charge is -2.18. The molecule has 0 aromatic heterocycles. The first kappa shape index (κ1) is 12.6. The second kappa shape index (κ2) is 5.01. The third kappa shape index (κ3) is 2.75. The summed E-state index contributed by atoms with van der Waals surface area (Å²) in [5.74, 6) is 0.359. The van der Waals surface area contributed by atoms with E-state index in [2.05, 4.69) is 0 Å². The zero-order valence-corrected chi connectivity index (χ0v) is 10.3. The van der Waals surface area contributed by atoms with E-state index < -0.39 is 12.0 Å². The van der Waals surface area contributed by atoms with Crippen molar-refractivity contribution < 1.29 is 9.53 Å². The van der Waals surface area contributed by atoms with Gasteiger partial charge in [0.05, 0.1) is 0 Å². The highest BCUT2D eigenvalue weighted by molar-refractivity contribution is 5.79. The van der Waals surface area contributed by atoms with Gasteiger partial charge >= 0.3 is 0 Å². The van der Waals surface area contributed by atoms with Crippen molar-refractivity contribution in [3.8, 4) is 5.75 Å². The van der Waals surface area contributed by atoms with E-state index in [1.807, 2.05) is 39.8 Å². The normalized spacial score (nSPS) is 12.2. The zero-order valence-electron chi connectivity index (χ0n) is 10.3. The Bertz CT molecular complexity index is 376. The van der Waals surface area contributed by atoms with Crippen LogP contribution in [-0.2, 0) is 4.79 Å². The van der Waals surface area contributed by atoms with E-state index in [9.17, 15) is 4.79 Å². The summed E-state index contributed by atoms with van der Waals surface area (Å²) in [7, 11) is 0. The molecule has 0 saturated carbocycles. The minimum atomic E-state index is -0.542. The Morgan fingerprint density at radius 3 is 2.19 bits per heavy atom. The van der Waals surface area contributed by atoms with Gasteiger partial charge in [-0.3, -0.25) is 4.79 Å². The summed E-state index contributed by atoms with van der Waals surface area (Å²) < 4.78 is 5.67. The molecular weight excluding hydrogens is 202 g/mol. The predicted octanol–water partition coefficient (Wildman–Crippen LogP) is 2.25. The SMILES string of the molecule is CC[C@H](Oc1c(C)cc(C)cc1C)C(N)=O. The summed E-state index contributed by atoms with van der Waals surface area (Å²) in [5, 5.41) is 0. The van der Waals surface area contributed by atoms with Crippen LogP contribution in [0.1, 0.15) is 30.0 Å². The number of carbonyl (C=O) groups excluding carboxylic acids is 1. The number of hydrogen-bond donors (Lipinski definition) is 1. The fraction of sp³-hybridized carbons (Fsp3) is 0.462. The molecule has 0 saturated heterocycles. The number of amides is 1. The van der Waals surface area contributed by atoms with Gasteiger partial charge in [-0.1, -0.05) is 24.6 Å². The van der Waals surface area contributed by atoms with Crippen LogP contribution in [0.4, 0.5) is 0 Å². The average Bonchev–Trinajstić information content (AvgIpc) is 2.15. The number of hydrogen-bond acceptors (Lipinski definition) is 2. The molecule has 0 aliphatic rings. The van der Waals surface area contributed by atoms with Gasteiger partial charge < -0.3 is 10.5 Å². The lowest BCUT2D eigenvalue weighted by Crippen LogP contribution is -2.33. The molecule has 1 rings (SSSR count). The molecule has 3 heteroatoms. The van der Waals surface area contributed by atoms with E-state index in [1.54, 1.807) is 0 Å². The maximum absolute atomic E-state index is 11.1. The van der Waals surface area contributed by atoms with Gasteiger partial charge in [-0.05, 0) is 38.3 Å². The first-order chi connectivity index (χ1) is 7.45. The Morgan fingerprint density at radius 1 is 1.31 bits per heavy atom. The smallest absolute Gasteiger partial charge is 0.258 e. The largest absolute Gasteiger partial charge is 0.480 e. The molecule has 0 radical (unpaired) electrons. The predicted molar refractivity (Wildman–Crippen MR) is 64.6 cm³/mol. The van der Waals surface area contributed by atoms with E-state index in [0.717, 1.165) is 16.9 Å². The Morgan fingerprint density at radius 2 is 1.81 bits per heavy atom. The van der Waals surface area contributed by atoms with Crippen molar-refractivity contribution in [2.75, 3.05) is 0 Å². The molecule has 0 aliphatic heterocycles. The van der Waals surface area contributed by atoms with Gasteiger partial charge in [-0.2, -0.15) is 0 Å². The van der Waals surface area contributed by atoms with Gasteiger partial charge in [0.15, 0.2) is 6.10 Å². The molecule has 0 unspecified atom stereocenters. The zero-order chi connectivity index (χ0) is 12.3. The summed E-state index contributed by atoms with van der Waals surface area (Å²) in [4.78, 5) is 11.1. The van der Waals surface area contributed by atoms with Crippen LogP contribution in [0, 0.1) is 20.8 Å². The summed E-state index contributed by atoms with van der Waals surface area (Å²) in [6.45, 7) is 7.87. The second-order valence-electron chi connectivity index (χ2n) is 4.14. The number of primary amides is 1. The van der Waals surface area contributed by atoms with Crippen LogP contribution < -0.4 is 10.5 Å². The third-order valence-corrected chi connectivity index (χ3v) is 2.55. The fourth-order valence-corrected chi connectivity index (χ4v) is 1.84. The van der Waals surface area contributed by atoms with Crippen LogP contribution in [-0.4, -0.2) is 12.0 Å². The van der Waals surface area contributed by atoms with Crippen molar-refractivity contribution in [2.24, 2.45) is 5.73 Å². The minimum absolute atomic E-state index is 0.415. The van der Waals surface area contributed by atoms with Gasteiger partial charge in [0.2, 0.25) is 0 Å². The molecule has 0 aliphatic carbocycles. The highest BCUT2D eigenvalue weighted by Crippen LogP contribution is 2.25. The highest BCUT2D eigenvalue weighted by atomic mass is 16.5. The maximum atomic E-state index is 11.1. The Labute approximate surface area is 96.6 Å². The van der Waals surface area contributed by atoms with Crippen LogP contribution in [0.3, 0.4) is 0 Å². The van der Waals surface area contributed by atoms with Crippen molar-refractivity contribution in [3.63, 3.8) is 0 Å². The van der Waals surface area contributed by atoms with Crippen LogP contribution >= 0.6 is 0 Å². The van der Waals surface area contributed by atoms with Crippen LogP contribution in [0.15, 0.2) is 12.1 Å². The summed E-state index contributed by atoms with van der Waals surface area (Å²) >= 11 is 0. The van der Waals surface area contributed by atoms with E-state index in [1.165, 1.54) is 5.56 Å². The topological polar surface area (TPSA) is 52.3 Å². The number of benzene rings is 1. The highest BCUT2D eigenvalue weighted by Gasteiger charge is 2.17. The quantitative estimate of drug-likeness (QED) is 0.847. The lowest BCUT2D eigenvalue weighted by atomic mass is 10.1. The first-order valence-corrected chi connectivity index (χ1v) is 5.49. The third-order valence-electron chi connectivity index (χ3n) is 2.55. The monoisotopic (exact) mass is 221 g/mol. The first-order valence-electron chi connectivity index (χ1n) is 5.49. The molecule has 0 bridgehead atoms. The Balaban J connectivity index is 3.01. The number of ether oxygens (including phenoxy) is 1. The van der Waals surface area contributed by atoms with E-state index in [-0.39, 0.29) is 0 Å². The maximum Gasteiger partial charge on any atom is 0.258 e. The van der Waals surface area contributed by atoms with Crippen molar-refractivity contribution in [1.82, 2.24) is 0 Å². The molecule has 88 valence electrons. The van der Waals surface area contributed by atoms with Gasteiger partial charge in [0.25, 0.3) is 5.91 Å². The molecule has 1 aromatic rings. The summed E-state index contributed by atoms with van der Waals surface area (Å²) in [6, 6.07) is 4.08. The van der Waals surface area contributed by atoms with Crippen molar-refractivity contribution in [2.45, 2.75) is 40.2 Å². The lowest BCUT2D eigenvalue weighted by molar-refractivity contribution is -0.124. The molecule has 1 aromatic carbocycles. The van der Waals surface area contributed by atoms with Crippen molar-refractivity contribution in [1.29, 1.82) is 0 Å². The molecule has 0 spiro atoms. The van der Waals surface area contributed by atoms with Crippen LogP contribution in [0.25, 0.3) is 0 Å². The van der Waals surface area contributed by atoms with Gasteiger partial charge in [-0.15, -0.1) is 0 Å². The van der Waals surface area contributed by atoms with Gasteiger partial charge in [0.1, 0.15) is 5.75 Å². The van der Waals surface area contributed by atoms with E-state index >= 15 is 0 Å². The number of aryl methyl sites for hydroxylation is 3. The van der Waals surface area contributed by atoms with Crippen LogP contribution in [0.5, 0.6) is 5.75 Å². The van der Waals surface area contributed by atoms with Gasteiger partial charge in [-0.25, -0.2) is 0 Å². The second-order valence-corrected chi connectivity index (χ2v) is 4.14. The molecule has 0 heterocycles. The average molecular weight is 221 g/mol. The fourth-order valence-electron chi connectivity index (χ4n) is 1.84. The van der Waals surface area contributed by atoms with Gasteiger partial charge in [0, 0.05) is 0 Å². The minimum Gasteiger partial charge on any atom is -0.480 e. The van der Waals surface area contributed by atoms with E-state index in [0.29, 0.717) is 6.42 Å². The number of nitrogens with two attached hydrogens (primary N) is 1. The summed E-state index contributed by atoms with van der Waals surface area (Å²) in [5.41, 5.74) is 8.53. The molecule has 1 amide bonds. The molecular formula is C13H19NO2. The molecule has 16 heavy (non-hydrogen) atoms. The Hall–Kier alpha value is -1.51. The van der Waals surface area contributed by atoms with Crippen LogP contribution in [0.2, 0.25) is 0 Å². The standard InChI is InChI=1S/C13H19NO2/c1-5-11(13(14)15)16-12-9(3)6-8(2)7-10(12)4/h6-7,11H,5H2,1-4H3,(H2,14,15)/t11-/m0/s1. The molecule has 0 fully saturated rings. The molecule has 1 atom stereocenters. The molecule has 2 N–H and O–H groups in total. The molecule has 3 nitrogen and oxygen atoms in total. The Kier molecular flexibility index (Phi) is 3.93. The number of rotatable bonds is 4.